The van der Waals surface area contributed by atoms with Crippen molar-refractivity contribution in [1.82, 2.24) is 0 Å². The highest BCUT2D eigenvalue weighted by atomic mass is 19.4. The highest BCUT2D eigenvalue weighted by Gasteiger charge is 2.38. The molecular formula is C13H12F3NO3. The van der Waals surface area contributed by atoms with E-state index in [1.807, 2.05) is 0 Å². The van der Waals surface area contributed by atoms with Crippen LogP contribution in [0, 0.1) is 11.3 Å². The molecule has 1 rings (SSSR count). The second-order valence-corrected chi connectivity index (χ2v) is 3.77. The largest absolute Gasteiger partial charge is 0.495 e. The molecule has 0 amide bonds. The van der Waals surface area contributed by atoms with E-state index in [1.165, 1.54) is 19.2 Å². The number of methoxy groups -OCH3 is 1. The monoisotopic (exact) mass is 287 g/mol. The summed E-state index contributed by atoms with van der Waals surface area (Å²) in [4.78, 5) is 11.3. The van der Waals surface area contributed by atoms with Crippen molar-refractivity contribution in [3.63, 3.8) is 0 Å². The fraction of sp³-hybridized carbons (Fsp3) is 0.385. The van der Waals surface area contributed by atoms with E-state index < -0.39 is 29.7 Å². The number of carbonyl (C=O) groups is 1. The Kier molecular flexibility index (Phi) is 4.97. The predicted molar refractivity (Wildman–Crippen MR) is 63.0 cm³/mol. The SMILES string of the molecule is CCOC(=O)Cc1ccc(OC)c(C#N)c1C(F)(F)F. The van der Waals surface area contributed by atoms with Crippen LogP contribution in [0.25, 0.3) is 0 Å². The molecule has 0 heterocycles. The van der Waals surface area contributed by atoms with Gasteiger partial charge in [0.1, 0.15) is 17.4 Å². The standard InChI is InChI=1S/C13H12F3NO3/c1-3-20-11(18)6-8-4-5-10(19-2)9(7-17)12(8)13(14,15)16/h4-5H,3,6H2,1-2H3. The second kappa shape index (κ2) is 6.28. The smallest absolute Gasteiger partial charge is 0.418 e. The van der Waals surface area contributed by atoms with Crippen molar-refractivity contribution in [1.29, 1.82) is 5.26 Å². The summed E-state index contributed by atoms with van der Waals surface area (Å²) in [6.07, 6.45) is -5.32. The lowest BCUT2D eigenvalue weighted by Crippen LogP contribution is -2.16. The average molecular weight is 287 g/mol. The maximum atomic E-state index is 13.1. The molecule has 1 aromatic carbocycles. The summed E-state index contributed by atoms with van der Waals surface area (Å²) in [6.45, 7) is 1.62. The van der Waals surface area contributed by atoms with Crippen molar-refractivity contribution in [2.24, 2.45) is 0 Å². The lowest BCUT2D eigenvalue weighted by atomic mass is 9.98. The van der Waals surface area contributed by atoms with Crippen molar-refractivity contribution in [2.75, 3.05) is 13.7 Å². The second-order valence-electron chi connectivity index (χ2n) is 3.77. The van der Waals surface area contributed by atoms with E-state index in [-0.39, 0.29) is 17.9 Å². The number of alkyl halides is 3. The Bertz CT molecular complexity index is 547. The first-order chi connectivity index (χ1) is 9.35. The third-order valence-electron chi connectivity index (χ3n) is 2.51. The Hall–Kier alpha value is -2.23. The molecule has 7 heteroatoms. The normalized spacial score (nSPS) is 10.8. The van der Waals surface area contributed by atoms with Gasteiger partial charge in [0, 0.05) is 0 Å². The fourth-order valence-corrected chi connectivity index (χ4v) is 1.75. The van der Waals surface area contributed by atoms with Crippen molar-refractivity contribution >= 4 is 5.97 Å². The Morgan fingerprint density at radius 3 is 2.50 bits per heavy atom. The zero-order valence-electron chi connectivity index (χ0n) is 10.9. The molecule has 20 heavy (non-hydrogen) atoms. The molecule has 108 valence electrons. The van der Waals surface area contributed by atoms with Gasteiger partial charge in [-0.05, 0) is 18.6 Å². The van der Waals surface area contributed by atoms with Crippen LogP contribution in [0.15, 0.2) is 12.1 Å². The quantitative estimate of drug-likeness (QED) is 0.799. The van der Waals surface area contributed by atoms with Gasteiger partial charge in [-0.2, -0.15) is 18.4 Å². The van der Waals surface area contributed by atoms with Gasteiger partial charge in [-0.1, -0.05) is 6.07 Å². The van der Waals surface area contributed by atoms with E-state index in [9.17, 15) is 18.0 Å². The molecule has 0 N–H and O–H groups in total. The van der Waals surface area contributed by atoms with Crippen molar-refractivity contribution in [3.05, 3.63) is 28.8 Å². The Morgan fingerprint density at radius 1 is 1.40 bits per heavy atom. The minimum atomic E-state index is -4.76. The summed E-state index contributed by atoms with van der Waals surface area (Å²) in [5.41, 5.74) is -2.11. The van der Waals surface area contributed by atoms with Crippen molar-refractivity contribution in [2.45, 2.75) is 19.5 Å². The molecule has 0 bridgehead atoms. The molecule has 0 atom stereocenters. The number of halogens is 3. The van der Waals surface area contributed by atoms with Gasteiger partial charge in [-0.15, -0.1) is 0 Å². The Balaban J connectivity index is 3.39. The number of carbonyl (C=O) groups excluding carboxylic acids is 1. The van der Waals surface area contributed by atoms with Crippen LogP contribution in [0.5, 0.6) is 5.75 Å². The molecule has 0 spiro atoms. The lowest BCUT2D eigenvalue weighted by molar-refractivity contribution is -0.143. The molecule has 0 saturated carbocycles. The molecule has 0 aliphatic heterocycles. The molecule has 4 nitrogen and oxygen atoms in total. The van der Waals surface area contributed by atoms with Crippen LogP contribution >= 0.6 is 0 Å². The van der Waals surface area contributed by atoms with E-state index in [0.29, 0.717) is 0 Å². The number of ether oxygens (including phenoxy) is 2. The van der Waals surface area contributed by atoms with E-state index >= 15 is 0 Å². The number of rotatable bonds is 4. The average Bonchev–Trinajstić information content (AvgIpc) is 2.36. The summed E-state index contributed by atoms with van der Waals surface area (Å²) in [7, 11) is 1.17. The van der Waals surface area contributed by atoms with Crippen LogP contribution in [-0.4, -0.2) is 19.7 Å². The maximum Gasteiger partial charge on any atom is 0.418 e. The van der Waals surface area contributed by atoms with Crippen molar-refractivity contribution in [3.8, 4) is 11.8 Å². The molecule has 0 unspecified atom stereocenters. The molecule has 0 aromatic heterocycles. The van der Waals surface area contributed by atoms with Gasteiger partial charge in [0.25, 0.3) is 0 Å². The number of nitriles is 1. The highest BCUT2D eigenvalue weighted by molar-refractivity contribution is 5.74. The molecule has 0 fully saturated rings. The summed E-state index contributed by atoms with van der Waals surface area (Å²) in [5.74, 6) is -0.973. The topological polar surface area (TPSA) is 59.3 Å². The van der Waals surface area contributed by atoms with Gasteiger partial charge in [0.2, 0.25) is 0 Å². The van der Waals surface area contributed by atoms with Gasteiger partial charge < -0.3 is 9.47 Å². The molecule has 0 saturated heterocycles. The van der Waals surface area contributed by atoms with Crippen LogP contribution < -0.4 is 4.74 Å². The third kappa shape index (κ3) is 3.41. The van der Waals surface area contributed by atoms with E-state index in [1.54, 1.807) is 6.92 Å². The van der Waals surface area contributed by atoms with Gasteiger partial charge >= 0.3 is 12.1 Å². The van der Waals surface area contributed by atoms with Gasteiger partial charge in [0.15, 0.2) is 0 Å². The minimum absolute atomic E-state index is 0.0709. The molecule has 0 aliphatic rings. The molecular weight excluding hydrogens is 275 g/mol. The number of benzene rings is 1. The summed E-state index contributed by atoms with van der Waals surface area (Å²) in [5, 5.41) is 8.91. The van der Waals surface area contributed by atoms with Crippen molar-refractivity contribution < 1.29 is 27.4 Å². The number of esters is 1. The van der Waals surface area contributed by atoms with E-state index in [0.717, 1.165) is 6.07 Å². The summed E-state index contributed by atoms with van der Waals surface area (Å²) < 4.78 is 48.6. The Labute approximate surface area is 113 Å². The zero-order valence-corrected chi connectivity index (χ0v) is 10.9. The third-order valence-corrected chi connectivity index (χ3v) is 2.51. The minimum Gasteiger partial charge on any atom is -0.495 e. The van der Waals surface area contributed by atoms with Crippen LogP contribution in [-0.2, 0) is 22.1 Å². The zero-order chi connectivity index (χ0) is 15.3. The summed E-state index contributed by atoms with van der Waals surface area (Å²) >= 11 is 0. The van der Waals surface area contributed by atoms with E-state index in [4.69, 9.17) is 10.00 Å². The lowest BCUT2D eigenvalue weighted by Gasteiger charge is -2.16. The van der Waals surface area contributed by atoms with E-state index in [2.05, 4.69) is 4.74 Å². The van der Waals surface area contributed by atoms with Crippen LogP contribution in [0.1, 0.15) is 23.6 Å². The summed E-state index contributed by atoms with van der Waals surface area (Å²) in [6, 6.07) is 3.81. The van der Waals surface area contributed by atoms with Crippen LogP contribution in [0.2, 0.25) is 0 Å². The number of hydrogen-bond donors (Lipinski definition) is 0. The first-order valence-electron chi connectivity index (χ1n) is 5.67. The fourth-order valence-electron chi connectivity index (χ4n) is 1.75. The van der Waals surface area contributed by atoms with Crippen LogP contribution in [0.4, 0.5) is 13.2 Å². The first-order valence-corrected chi connectivity index (χ1v) is 5.67. The Morgan fingerprint density at radius 2 is 2.05 bits per heavy atom. The maximum absolute atomic E-state index is 13.1. The predicted octanol–water partition coefficient (Wildman–Crippen LogP) is 2.69. The molecule has 0 radical (unpaired) electrons. The molecule has 1 aromatic rings. The molecule has 0 aliphatic carbocycles. The number of nitrogens with zero attached hydrogens (tertiary/aromatic N) is 1. The van der Waals surface area contributed by atoms with Gasteiger partial charge in [-0.3, -0.25) is 4.79 Å². The number of hydrogen-bond acceptors (Lipinski definition) is 4. The van der Waals surface area contributed by atoms with Crippen LogP contribution in [0.3, 0.4) is 0 Å². The van der Waals surface area contributed by atoms with Gasteiger partial charge in [-0.25, -0.2) is 0 Å². The van der Waals surface area contributed by atoms with Gasteiger partial charge in [0.05, 0.1) is 25.7 Å². The highest BCUT2D eigenvalue weighted by Crippen LogP contribution is 2.38. The first kappa shape index (κ1) is 15.8.